The molecule has 0 aromatic carbocycles. The lowest BCUT2D eigenvalue weighted by molar-refractivity contribution is 0.00572. The molecule has 1 aromatic rings. The first-order valence-electron chi connectivity index (χ1n) is 8.36. The zero-order chi connectivity index (χ0) is 15.2. The molecule has 1 aromatic heterocycles. The van der Waals surface area contributed by atoms with Crippen LogP contribution in [0.3, 0.4) is 0 Å². The van der Waals surface area contributed by atoms with Gasteiger partial charge in [0.25, 0.3) is 5.19 Å². The van der Waals surface area contributed by atoms with Crippen molar-refractivity contribution in [1.29, 1.82) is 0 Å². The van der Waals surface area contributed by atoms with Gasteiger partial charge >= 0.3 is 0 Å². The second kappa shape index (κ2) is 8.22. The number of alkyl halides is 1. The molecule has 22 heavy (non-hydrogen) atoms. The van der Waals surface area contributed by atoms with Gasteiger partial charge in [-0.15, -0.1) is 0 Å². The molecule has 0 amide bonds. The lowest BCUT2D eigenvalue weighted by Gasteiger charge is -2.26. The second-order valence-electron chi connectivity index (χ2n) is 6.01. The highest BCUT2D eigenvalue weighted by Crippen LogP contribution is 2.28. The van der Waals surface area contributed by atoms with Crippen molar-refractivity contribution in [2.75, 3.05) is 39.5 Å². The molecular formula is C16H25FN2O2S. The van der Waals surface area contributed by atoms with E-state index in [1.54, 1.807) is 11.3 Å². The van der Waals surface area contributed by atoms with Crippen LogP contribution in [0.4, 0.5) is 4.39 Å². The van der Waals surface area contributed by atoms with E-state index in [9.17, 15) is 4.39 Å². The van der Waals surface area contributed by atoms with Crippen LogP contribution in [-0.4, -0.2) is 55.5 Å². The van der Waals surface area contributed by atoms with Crippen molar-refractivity contribution in [3.05, 3.63) is 10.6 Å². The number of hydrogen-bond acceptors (Lipinski definition) is 5. The van der Waals surface area contributed by atoms with Crippen molar-refractivity contribution in [2.45, 2.75) is 44.6 Å². The predicted molar refractivity (Wildman–Crippen MR) is 85.6 cm³/mol. The van der Waals surface area contributed by atoms with Gasteiger partial charge in [0.1, 0.15) is 13.3 Å². The Labute approximate surface area is 135 Å². The van der Waals surface area contributed by atoms with Crippen molar-refractivity contribution in [3.63, 3.8) is 0 Å². The summed E-state index contributed by atoms with van der Waals surface area (Å²) in [5.74, 6) is 0. The minimum atomic E-state index is -0.457. The largest absolute Gasteiger partial charge is 0.467 e. The highest BCUT2D eigenvalue weighted by atomic mass is 32.1. The molecule has 1 atom stereocenters. The molecule has 0 saturated carbocycles. The first-order chi connectivity index (χ1) is 10.8. The molecule has 0 unspecified atom stereocenters. The van der Waals surface area contributed by atoms with E-state index in [0.717, 1.165) is 51.2 Å². The molecule has 0 spiro atoms. The fourth-order valence-corrected chi connectivity index (χ4v) is 4.13. The molecule has 1 fully saturated rings. The average Bonchev–Trinajstić information content (AvgIpc) is 2.86. The number of halogens is 1. The molecule has 2 aliphatic heterocycles. The Hall–Kier alpha value is -0.720. The summed E-state index contributed by atoms with van der Waals surface area (Å²) < 4.78 is 23.3. The first kappa shape index (κ1) is 16.1. The Kier molecular flexibility index (Phi) is 6.04. The maximum atomic E-state index is 12.2. The molecule has 124 valence electrons. The molecule has 0 N–H and O–H groups in total. The van der Waals surface area contributed by atoms with Crippen molar-refractivity contribution in [1.82, 2.24) is 9.88 Å². The Bertz CT molecular complexity index is 437. The van der Waals surface area contributed by atoms with Crippen LogP contribution in [0, 0.1) is 0 Å². The number of thiazole rings is 1. The van der Waals surface area contributed by atoms with E-state index in [2.05, 4.69) is 9.88 Å². The van der Waals surface area contributed by atoms with Gasteiger partial charge in [-0.25, -0.2) is 9.37 Å². The normalized spacial score (nSPS) is 23.0. The molecule has 0 aliphatic carbocycles. The Morgan fingerprint density at radius 1 is 1.32 bits per heavy atom. The average molecular weight is 328 g/mol. The van der Waals surface area contributed by atoms with E-state index >= 15 is 0 Å². The molecule has 3 rings (SSSR count). The summed E-state index contributed by atoms with van der Waals surface area (Å²) in [6, 6.07) is 0. The molecule has 2 aliphatic rings. The van der Waals surface area contributed by atoms with E-state index in [4.69, 9.17) is 9.47 Å². The van der Waals surface area contributed by atoms with Crippen LogP contribution in [-0.2, 0) is 17.6 Å². The van der Waals surface area contributed by atoms with Crippen molar-refractivity contribution in [3.8, 4) is 5.19 Å². The fourth-order valence-electron chi connectivity index (χ4n) is 3.16. The highest BCUT2D eigenvalue weighted by Gasteiger charge is 2.20. The number of ether oxygens (including phenoxy) is 2. The van der Waals surface area contributed by atoms with Gasteiger partial charge in [0.15, 0.2) is 0 Å². The van der Waals surface area contributed by atoms with E-state index in [0.29, 0.717) is 11.3 Å². The van der Waals surface area contributed by atoms with Crippen molar-refractivity contribution >= 4 is 11.3 Å². The number of aromatic nitrogens is 1. The lowest BCUT2D eigenvalue weighted by Crippen LogP contribution is -2.31. The molecule has 1 saturated heterocycles. The van der Waals surface area contributed by atoms with Gasteiger partial charge < -0.3 is 14.4 Å². The topological polar surface area (TPSA) is 34.6 Å². The first-order valence-corrected chi connectivity index (χ1v) is 9.18. The Balaban J connectivity index is 1.45. The second-order valence-corrected chi connectivity index (χ2v) is 7.05. The standard InChI is InChI=1S/C16H25FN2O2S/c17-7-12-21-16-18-14-5-9-19(10-6-15(14)22-16)8-4-13-3-1-2-11-20-13/h13H,1-12H2/t13-/m1/s1. The maximum absolute atomic E-state index is 12.2. The summed E-state index contributed by atoms with van der Waals surface area (Å²) in [6.45, 7) is 3.83. The van der Waals surface area contributed by atoms with Crippen LogP contribution >= 0.6 is 11.3 Å². The van der Waals surface area contributed by atoms with E-state index in [-0.39, 0.29) is 6.61 Å². The zero-order valence-electron chi connectivity index (χ0n) is 13.1. The minimum Gasteiger partial charge on any atom is -0.467 e. The zero-order valence-corrected chi connectivity index (χ0v) is 13.9. The number of rotatable bonds is 6. The molecule has 0 bridgehead atoms. The maximum Gasteiger partial charge on any atom is 0.273 e. The lowest BCUT2D eigenvalue weighted by atomic mass is 10.1. The van der Waals surface area contributed by atoms with Gasteiger partial charge in [0.05, 0.1) is 11.8 Å². The quantitative estimate of drug-likeness (QED) is 0.804. The van der Waals surface area contributed by atoms with E-state index < -0.39 is 6.67 Å². The van der Waals surface area contributed by atoms with Crippen LogP contribution in [0.1, 0.15) is 36.3 Å². The highest BCUT2D eigenvalue weighted by molar-refractivity contribution is 7.13. The smallest absolute Gasteiger partial charge is 0.273 e. The number of nitrogens with zero attached hydrogens (tertiary/aromatic N) is 2. The third-order valence-corrected chi connectivity index (χ3v) is 5.49. The van der Waals surface area contributed by atoms with Crippen LogP contribution in [0.25, 0.3) is 0 Å². The summed E-state index contributed by atoms with van der Waals surface area (Å²) in [6.07, 6.45) is 7.36. The summed E-state index contributed by atoms with van der Waals surface area (Å²) in [7, 11) is 0. The Morgan fingerprint density at radius 2 is 2.23 bits per heavy atom. The third kappa shape index (κ3) is 4.40. The van der Waals surface area contributed by atoms with Gasteiger partial charge in [-0.3, -0.25) is 0 Å². The number of fused-ring (bicyclic) bond motifs is 1. The summed E-state index contributed by atoms with van der Waals surface area (Å²) in [4.78, 5) is 8.34. The van der Waals surface area contributed by atoms with Gasteiger partial charge in [-0.05, 0) is 32.1 Å². The monoisotopic (exact) mass is 328 g/mol. The molecule has 3 heterocycles. The van der Waals surface area contributed by atoms with Crippen LogP contribution in [0.5, 0.6) is 5.19 Å². The predicted octanol–water partition coefficient (Wildman–Crippen LogP) is 2.85. The van der Waals surface area contributed by atoms with Crippen molar-refractivity contribution in [2.24, 2.45) is 0 Å². The summed E-state index contributed by atoms with van der Waals surface area (Å²) in [5, 5.41) is 0.631. The number of hydrogen-bond donors (Lipinski definition) is 0. The van der Waals surface area contributed by atoms with Crippen LogP contribution in [0.15, 0.2) is 0 Å². The molecule has 6 heteroatoms. The van der Waals surface area contributed by atoms with E-state index in [1.165, 1.54) is 24.1 Å². The third-order valence-electron chi connectivity index (χ3n) is 4.42. The van der Waals surface area contributed by atoms with E-state index in [1.807, 2.05) is 0 Å². The van der Waals surface area contributed by atoms with Gasteiger partial charge in [-0.1, -0.05) is 11.3 Å². The van der Waals surface area contributed by atoms with Gasteiger partial charge in [0.2, 0.25) is 0 Å². The fraction of sp³-hybridized carbons (Fsp3) is 0.812. The SMILES string of the molecule is FCCOc1nc2c(s1)CCN(CC[C@H]1CCCCO1)CC2. The molecule has 0 radical (unpaired) electrons. The van der Waals surface area contributed by atoms with Crippen LogP contribution < -0.4 is 4.74 Å². The molecular weight excluding hydrogens is 303 g/mol. The van der Waals surface area contributed by atoms with Gasteiger partial charge in [0, 0.05) is 37.5 Å². The van der Waals surface area contributed by atoms with Crippen LogP contribution in [0.2, 0.25) is 0 Å². The summed E-state index contributed by atoms with van der Waals surface area (Å²) in [5.41, 5.74) is 1.15. The minimum absolute atomic E-state index is 0.111. The van der Waals surface area contributed by atoms with Gasteiger partial charge in [-0.2, -0.15) is 0 Å². The molecule has 4 nitrogen and oxygen atoms in total. The van der Waals surface area contributed by atoms with Crippen molar-refractivity contribution < 1.29 is 13.9 Å². The summed E-state index contributed by atoms with van der Waals surface area (Å²) >= 11 is 1.59. The Morgan fingerprint density at radius 3 is 3.05 bits per heavy atom.